The number of rotatable bonds is 0. The van der Waals surface area contributed by atoms with E-state index in [1.165, 1.54) is 51.7 Å². The zero-order chi connectivity index (χ0) is 12.8. The van der Waals surface area contributed by atoms with Crippen LogP contribution < -0.4 is 4.90 Å². The Hall–Kier alpha value is -1.02. The van der Waals surface area contributed by atoms with Crippen LogP contribution in [-0.2, 0) is 6.42 Å². The Morgan fingerprint density at radius 1 is 1.05 bits per heavy atom. The molecule has 2 unspecified atom stereocenters. The fourth-order valence-corrected chi connectivity index (χ4v) is 4.45. The molecule has 0 bridgehead atoms. The number of fused-ring (bicyclic) bond motifs is 3. The van der Waals surface area contributed by atoms with Gasteiger partial charge in [0.2, 0.25) is 0 Å². The Kier molecular flexibility index (Phi) is 2.80. The predicted molar refractivity (Wildman–Crippen MR) is 80.0 cm³/mol. The Bertz CT molecular complexity index is 482. The van der Waals surface area contributed by atoms with Gasteiger partial charge in [0.05, 0.1) is 0 Å². The zero-order valence-corrected chi connectivity index (χ0v) is 11.9. The van der Waals surface area contributed by atoms with Crippen molar-refractivity contribution in [1.82, 2.24) is 4.90 Å². The van der Waals surface area contributed by atoms with Crippen LogP contribution in [0, 0.1) is 0 Å². The summed E-state index contributed by atoms with van der Waals surface area (Å²) in [6.45, 7) is 3.65. The molecule has 0 N–H and O–H groups in total. The van der Waals surface area contributed by atoms with Crippen molar-refractivity contribution in [2.24, 2.45) is 0 Å². The van der Waals surface area contributed by atoms with E-state index in [-0.39, 0.29) is 0 Å². The smallest absolute Gasteiger partial charge is 0.0438 e. The largest absolute Gasteiger partial charge is 0.366 e. The monoisotopic (exact) mass is 256 g/mol. The molecule has 19 heavy (non-hydrogen) atoms. The summed E-state index contributed by atoms with van der Waals surface area (Å²) < 4.78 is 0. The third-order valence-electron chi connectivity index (χ3n) is 5.45. The highest BCUT2D eigenvalue weighted by Gasteiger charge is 2.40. The highest BCUT2D eigenvalue weighted by atomic mass is 15.2. The first-order chi connectivity index (χ1) is 9.34. The molecule has 1 saturated carbocycles. The van der Waals surface area contributed by atoms with Crippen molar-refractivity contribution < 1.29 is 0 Å². The maximum Gasteiger partial charge on any atom is 0.0438 e. The van der Waals surface area contributed by atoms with Gasteiger partial charge in [-0.2, -0.15) is 0 Å². The number of hydrogen-bond donors (Lipinski definition) is 0. The van der Waals surface area contributed by atoms with Crippen molar-refractivity contribution in [2.75, 3.05) is 31.6 Å². The van der Waals surface area contributed by atoms with E-state index in [9.17, 15) is 0 Å². The van der Waals surface area contributed by atoms with Gasteiger partial charge in [-0.05, 0) is 37.4 Å². The van der Waals surface area contributed by atoms with Crippen LogP contribution in [-0.4, -0.2) is 37.6 Å². The van der Waals surface area contributed by atoms with Gasteiger partial charge in [-0.3, -0.25) is 0 Å². The van der Waals surface area contributed by atoms with Crippen LogP contribution in [0.5, 0.6) is 0 Å². The molecule has 4 rings (SSSR count). The summed E-state index contributed by atoms with van der Waals surface area (Å²) in [4.78, 5) is 5.26. The minimum Gasteiger partial charge on any atom is -0.366 e. The van der Waals surface area contributed by atoms with Crippen molar-refractivity contribution in [2.45, 2.75) is 44.1 Å². The van der Waals surface area contributed by atoms with Gasteiger partial charge in [0.1, 0.15) is 0 Å². The summed E-state index contributed by atoms with van der Waals surface area (Å²) in [5.74, 6) is 0.826. The molecule has 2 aliphatic heterocycles. The summed E-state index contributed by atoms with van der Waals surface area (Å²) >= 11 is 0. The summed E-state index contributed by atoms with van der Waals surface area (Å²) in [6.07, 6.45) is 6.89. The Labute approximate surface area is 116 Å². The Morgan fingerprint density at radius 3 is 2.89 bits per heavy atom. The topological polar surface area (TPSA) is 6.48 Å². The number of likely N-dealkylation sites (N-methyl/N-ethyl adjacent to an activating group) is 1. The van der Waals surface area contributed by atoms with Gasteiger partial charge in [-0.15, -0.1) is 0 Å². The number of benzene rings is 1. The first kappa shape index (κ1) is 11.8. The molecule has 2 heterocycles. The second kappa shape index (κ2) is 4.52. The van der Waals surface area contributed by atoms with Gasteiger partial charge >= 0.3 is 0 Å². The number of hydrogen-bond acceptors (Lipinski definition) is 2. The normalized spacial score (nSPS) is 30.5. The van der Waals surface area contributed by atoms with Crippen LogP contribution in [0.3, 0.4) is 0 Å². The fourth-order valence-electron chi connectivity index (χ4n) is 4.45. The minimum atomic E-state index is 0.802. The molecule has 0 radical (unpaired) electrons. The van der Waals surface area contributed by atoms with Crippen molar-refractivity contribution >= 4 is 5.69 Å². The van der Waals surface area contributed by atoms with Gasteiger partial charge in [0.25, 0.3) is 0 Å². The number of anilines is 1. The van der Waals surface area contributed by atoms with E-state index in [1.807, 2.05) is 0 Å². The molecule has 1 aliphatic carbocycles. The number of para-hydroxylation sites is 1. The molecule has 1 aromatic rings. The van der Waals surface area contributed by atoms with E-state index >= 15 is 0 Å². The standard InChI is InChI=1S/C17H24N2/c1-18-10-9-13-5-4-7-15-14-6-2-3-8-16(14)19(12-11-18)17(13)15/h4-5,7,14,16H,2-3,6,8-12H2,1H3. The molecule has 0 saturated heterocycles. The van der Waals surface area contributed by atoms with E-state index in [2.05, 4.69) is 35.0 Å². The fraction of sp³-hybridized carbons (Fsp3) is 0.647. The molecule has 2 heteroatoms. The molecule has 102 valence electrons. The maximum absolute atomic E-state index is 2.77. The average Bonchev–Trinajstić information content (AvgIpc) is 2.76. The summed E-state index contributed by atoms with van der Waals surface area (Å²) in [5, 5.41) is 0. The molecule has 2 atom stereocenters. The minimum absolute atomic E-state index is 0.802. The SMILES string of the molecule is CN1CCc2cccc3c2N(CC1)C1CCCCC31. The maximum atomic E-state index is 2.77. The Balaban J connectivity index is 1.81. The van der Waals surface area contributed by atoms with E-state index < -0.39 is 0 Å². The van der Waals surface area contributed by atoms with E-state index in [4.69, 9.17) is 0 Å². The van der Waals surface area contributed by atoms with Gasteiger partial charge in [-0.25, -0.2) is 0 Å². The molecule has 1 fully saturated rings. The van der Waals surface area contributed by atoms with Crippen molar-refractivity contribution in [3.05, 3.63) is 29.3 Å². The van der Waals surface area contributed by atoms with Crippen molar-refractivity contribution in [3.8, 4) is 0 Å². The Morgan fingerprint density at radius 2 is 1.95 bits per heavy atom. The zero-order valence-electron chi connectivity index (χ0n) is 11.9. The third kappa shape index (κ3) is 1.80. The summed E-state index contributed by atoms with van der Waals surface area (Å²) in [7, 11) is 2.27. The molecule has 2 nitrogen and oxygen atoms in total. The first-order valence-corrected chi connectivity index (χ1v) is 7.91. The van der Waals surface area contributed by atoms with Crippen molar-refractivity contribution in [1.29, 1.82) is 0 Å². The molecule has 0 amide bonds. The lowest BCUT2D eigenvalue weighted by Gasteiger charge is -2.36. The van der Waals surface area contributed by atoms with Gasteiger partial charge in [0.15, 0.2) is 0 Å². The first-order valence-electron chi connectivity index (χ1n) is 7.91. The summed E-state index contributed by atoms with van der Waals surface area (Å²) in [6, 6.07) is 7.87. The third-order valence-corrected chi connectivity index (χ3v) is 5.45. The molecule has 0 aromatic heterocycles. The summed E-state index contributed by atoms with van der Waals surface area (Å²) in [5.41, 5.74) is 4.90. The molecular formula is C17H24N2. The van der Waals surface area contributed by atoms with Crippen LogP contribution in [0.4, 0.5) is 5.69 Å². The lowest BCUT2D eigenvalue weighted by atomic mass is 9.82. The van der Waals surface area contributed by atoms with Gasteiger partial charge < -0.3 is 9.80 Å². The van der Waals surface area contributed by atoms with Crippen molar-refractivity contribution in [3.63, 3.8) is 0 Å². The highest BCUT2D eigenvalue weighted by molar-refractivity contribution is 5.67. The van der Waals surface area contributed by atoms with Crippen LogP contribution in [0.15, 0.2) is 18.2 Å². The quantitative estimate of drug-likeness (QED) is 0.704. The van der Waals surface area contributed by atoms with Crippen LogP contribution in [0.25, 0.3) is 0 Å². The van der Waals surface area contributed by atoms with Gasteiger partial charge in [-0.1, -0.05) is 31.0 Å². The predicted octanol–water partition coefficient (Wildman–Crippen LogP) is 3.02. The number of nitrogens with zero attached hydrogens (tertiary/aromatic N) is 2. The van der Waals surface area contributed by atoms with E-state index in [0.29, 0.717) is 0 Å². The average molecular weight is 256 g/mol. The lowest BCUT2D eigenvalue weighted by molar-refractivity contribution is 0.322. The molecule has 3 aliphatic rings. The highest BCUT2D eigenvalue weighted by Crippen LogP contribution is 2.49. The van der Waals surface area contributed by atoms with E-state index in [1.54, 1.807) is 16.8 Å². The second-order valence-corrected chi connectivity index (χ2v) is 6.56. The van der Waals surface area contributed by atoms with Gasteiger partial charge in [0, 0.05) is 37.3 Å². The van der Waals surface area contributed by atoms with Crippen LogP contribution in [0.2, 0.25) is 0 Å². The second-order valence-electron chi connectivity index (χ2n) is 6.56. The van der Waals surface area contributed by atoms with Crippen LogP contribution in [0.1, 0.15) is 42.7 Å². The molecule has 0 spiro atoms. The molecular weight excluding hydrogens is 232 g/mol. The van der Waals surface area contributed by atoms with Crippen LogP contribution >= 0.6 is 0 Å². The van der Waals surface area contributed by atoms with E-state index in [0.717, 1.165) is 12.0 Å². The lowest BCUT2D eigenvalue weighted by Crippen LogP contribution is -2.42. The molecule has 1 aromatic carbocycles.